The number of carbonyl (C=O) groups is 1. The minimum atomic E-state index is -0.449. The van der Waals surface area contributed by atoms with Gasteiger partial charge in [0.2, 0.25) is 0 Å². The molecule has 1 saturated carbocycles. The molecule has 0 unspecified atom stereocenters. The Labute approximate surface area is 108 Å². The largest absolute Gasteiger partial charge is 0.497 e. The average Bonchev–Trinajstić information content (AvgIpc) is 2.86. The molecule has 1 fully saturated rings. The van der Waals surface area contributed by atoms with Gasteiger partial charge in [0.05, 0.1) is 7.11 Å². The van der Waals surface area contributed by atoms with Crippen molar-refractivity contribution in [1.29, 1.82) is 0 Å². The molecule has 0 aliphatic heterocycles. The van der Waals surface area contributed by atoms with Gasteiger partial charge >= 0.3 is 6.03 Å². The maximum Gasteiger partial charge on any atom is 0.312 e. The molecule has 0 radical (unpaired) electrons. The molecule has 1 aliphatic rings. The van der Waals surface area contributed by atoms with E-state index in [2.05, 4.69) is 17.4 Å². The Hall–Kier alpha value is -1.71. The molecule has 1 aromatic carbocycles. The Morgan fingerprint density at radius 2 is 1.94 bits per heavy atom. The van der Waals surface area contributed by atoms with Gasteiger partial charge < -0.3 is 15.8 Å². The molecule has 98 valence electrons. The number of carbonyl (C=O) groups excluding carboxylic acids is 1. The van der Waals surface area contributed by atoms with Gasteiger partial charge in [-0.2, -0.15) is 0 Å². The van der Waals surface area contributed by atoms with Crippen molar-refractivity contribution in [1.82, 2.24) is 5.32 Å². The maximum atomic E-state index is 10.9. The smallest absolute Gasteiger partial charge is 0.312 e. The quantitative estimate of drug-likeness (QED) is 0.857. The lowest BCUT2D eigenvalue weighted by molar-refractivity contribution is 0.245. The van der Waals surface area contributed by atoms with Crippen molar-refractivity contribution in [2.45, 2.75) is 31.1 Å². The van der Waals surface area contributed by atoms with Crippen LogP contribution in [0.1, 0.15) is 31.2 Å². The highest BCUT2D eigenvalue weighted by molar-refractivity contribution is 5.71. The van der Waals surface area contributed by atoms with Crippen LogP contribution in [0.25, 0.3) is 0 Å². The molecule has 0 spiro atoms. The summed E-state index contributed by atoms with van der Waals surface area (Å²) in [6, 6.07) is 7.67. The number of benzene rings is 1. The molecule has 0 atom stereocenters. The van der Waals surface area contributed by atoms with Crippen molar-refractivity contribution in [2.24, 2.45) is 5.73 Å². The molecule has 2 amide bonds. The first-order valence-corrected chi connectivity index (χ1v) is 6.34. The van der Waals surface area contributed by atoms with E-state index in [1.165, 1.54) is 18.4 Å². The van der Waals surface area contributed by atoms with Crippen LogP contribution < -0.4 is 15.8 Å². The highest BCUT2D eigenvalue weighted by Crippen LogP contribution is 2.41. The first kappa shape index (κ1) is 12.7. The number of nitrogens with one attached hydrogen (secondary N) is 1. The highest BCUT2D eigenvalue weighted by atomic mass is 16.5. The van der Waals surface area contributed by atoms with Crippen molar-refractivity contribution >= 4 is 6.03 Å². The molecule has 3 N–H and O–H groups in total. The second-order valence-electron chi connectivity index (χ2n) is 4.93. The molecule has 18 heavy (non-hydrogen) atoms. The standard InChI is InChI=1S/C14H20N2O2/c1-18-12-6-4-11(5-7-12)14(8-2-3-9-14)10-16-13(15)17/h4-7H,2-3,8-10H2,1H3,(H3,15,16,17). The van der Waals surface area contributed by atoms with E-state index in [0.717, 1.165) is 18.6 Å². The summed E-state index contributed by atoms with van der Waals surface area (Å²) in [6.45, 7) is 0.620. The number of hydrogen-bond acceptors (Lipinski definition) is 2. The Morgan fingerprint density at radius 1 is 1.33 bits per heavy atom. The fourth-order valence-electron chi connectivity index (χ4n) is 2.82. The van der Waals surface area contributed by atoms with Crippen LogP contribution in [0.3, 0.4) is 0 Å². The van der Waals surface area contributed by atoms with Gasteiger partial charge in [-0.25, -0.2) is 4.79 Å². The van der Waals surface area contributed by atoms with Crippen LogP contribution >= 0.6 is 0 Å². The van der Waals surface area contributed by atoms with Crippen molar-refractivity contribution < 1.29 is 9.53 Å². The summed E-state index contributed by atoms with van der Waals surface area (Å²) in [5.74, 6) is 0.856. The Balaban J connectivity index is 2.19. The van der Waals surface area contributed by atoms with E-state index in [1.807, 2.05) is 12.1 Å². The van der Waals surface area contributed by atoms with Crippen LogP contribution in [0, 0.1) is 0 Å². The fourth-order valence-corrected chi connectivity index (χ4v) is 2.82. The van der Waals surface area contributed by atoms with E-state index >= 15 is 0 Å². The first-order chi connectivity index (χ1) is 8.66. The van der Waals surface area contributed by atoms with E-state index in [9.17, 15) is 4.79 Å². The third-order valence-electron chi connectivity index (χ3n) is 3.86. The monoisotopic (exact) mass is 248 g/mol. The first-order valence-electron chi connectivity index (χ1n) is 6.34. The van der Waals surface area contributed by atoms with Gasteiger partial charge in [-0.15, -0.1) is 0 Å². The van der Waals surface area contributed by atoms with E-state index < -0.39 is 6.03 Å². The molecular weight excluding hydrogens is 228 g/mol. The van der Waals surface area contributed by atoms with E-state index in [4.69, 9.17) is 10.5 Å². The zero-order valence-corrected chi connectivity index (χ0v) is 10.7. The molecular formula is C14H20N2O2. The molecule has 0 saturated heterocycles. The van der Waals surface area contributed by atoms with Gasteiger partial charge in [0.15, 0.2) is 0 Å². The van der Waals surface area contributed by atoms with Crippen molar-refractivity contribution in [3.05, 3.63) is 29.8 Å². The zero-order valence-electron chi connectivity index (χ0n) is 10.7. The lowest BCUT2D eigenvalue weighted by atomic mass is 9.79. The molecule has 1 aromatic rings. The van der Waals surface area contributed by atoms with Gasteiger partial charge in [-0.3, -0.25) is 0 Å². The molecule has 4 nitrogen and oxygen atoms in total. The van der Waals surface area contributed by atoms with Crippen LogP contribution in [0.15, 0.2) is 24.3 Å². The normalized spacial score (nSPS) is 17.4. The predicted octanol–water partition coefficient (Wildman–Crippen LogP) is 2.18. The van der Waals surface area contributed by atoms with Gasteiger partial charge in [-0.1, -0.05) is 25.0 Å². The number of rotatable bonds is 4. The van der Waals surface area contributed by atoms with Crippen molar-refractivity contribution in [3.8, 4) is 5.75 Å². The SMILES string of the molecule is COc1ccc(C2(CNC(N)=O)CCCC2)cc1. The molecule has 0 bridgehead atoms. The van der Waals surface area contributed by atoms with Crippen molar-refractivity contribution in [3.63, 3.8) is 0 Å². The minimum Gasteiger partial charge on any atom is -0.497 e. The summed E-state index contributed by atoms with van der Waals surface area (Å²) in [5.41, 5.74) is 6.48. The Kier molecular flexibility index (Phi) is 3.75. The maximum absolute atomic E-state index is 10.9. The van der Waals surface area contributed by atoms with Crippen LogP contribution in [0.4, 0.5) is 4.79 Å². The van der Waals surface area contributed by atoms with E-state index in [0.29, 0.717) is 6.54 Å². The number of hydrogen-bond donors (Lipinski definition) is 2. The number of methoxy groups -OCH3 is 1. The van der Waals surface area contributed by atoms with E-state index in [1.54, 1.807) is 7.11 Å². The second-order valence-corrected chi connectivity index (χ2v) is 4.93. The average molecular weight is 248 g/mol. The van der Waals surface area contributed by atoms with Gasteiger partial charge in [-0.05, 0) is 30.5 Å². The summed E-state index contributed by atoms with van der Waals surface area (Å²) in [5, 5.41) is 2.76. The third kappa shape index (κ3) is 2.58. The number of primary amides is 1. The topological polar surface area (TPSA) is 64.3 Å². The van der Waals surface area contributed by atoms with Crippen LogP contribution in [-0.2, 0) is 5.41 Å². The van der Waals surface area contributed by atoms with E-state index in [-0.39, 0.29) is 5.41 Å². The predicted molar refractivity (Wildman–Crippen MR) is 70.7 cm³/mol. The molecule has 0 heterocycles. The number of ether oxygens (including phenoxy) is 1. The molecule has 1 aliphatic carbocycles. The molecule has 0 aromatic heterocycles. The van der Waals surface area contributed by atoms with Gasteiger partial charge in [0.25, 0.3) is 0 Å². The fraction of sp³-hybridized carbons (Fsp3) is 0.500. The minimum absolute atomic E-state index is 0.0430. The number of nitrogens with two attached hydrogens (primary N) is 1. The number of urea groups is 1. The lowest BCUT2D eigenvalue weighted by Crippen LogP contribution is -2.41. The molecule has 2 rings (SSSR count). The van der Waals surface area contributed by atoms with Gasteiger partial charge in [0.1, 0.15) is 5.75 Å². The summed E-state index contributed by atoms with van der Waals surface area (Å²) in [7, 11) is 1.66. The zero-order chi connectivity index (χ0) is 13.0. The lowest BCUT2D eigenvalue weighted by Gasteiger charge is -2.29. The van der Waals surface area contributed by atoms with Crippen LogP contribution in [0.2, 0.25) is 0 Å². The summed E-state index contributed by atoms with van der Waals surface area (Å²) in [6.07, 6.45) is 4.60. The van der Waals surface area contributed by atoms with Crippen LogP contribution in [0.5, 0.6) is 5.75 Å². The highest BCUT2D eigenvalue weighted by Gasteiger charge is 2.35. The van der Waals surface area contributed by atoms with Gasteiger partial charge in [0, 0.05) is 12.0 Å². The van der Waals surface area contributed by atoms with Crippen LogP contribution in [-0.4, -0.2) is 19.7 Å². The Bertz CT molecular complexity index is 408. The Morgan fingerprint density at radius 3 is 2.44 bits per heavy atom. The molecule has 4 heteroatoms. The summed E-state index contributed by atoms with van der Waals surface area (Å²) in [4.78, 5) is 10.9. The number of amides is 2. The second kappa shape index (κ2) is 5.29. The third-order valence-corrected chi connectivity index (χ3v) is 3.86. The van der Waals surface area contributed by atoms with Crippen molar-refractivity contribution in [2.75, 3.05) is 13.7 Å². The summed E-state index contributed by atoms with van der Waals surface area (Å²) < 4.78 is 5.17. The summed E-state index contributed by atoms with van der Waals surface area (Å²) >= 11 is 0.